The average molecular weight is 263 g/mol. The van der Waals surface area contributed by atoms with Crippen LogP contribution < -0.4 is 10.1 Å². The third-order valence-corrected chi connectivity index (χ3v) is 3.51. The van der Waals surface area contributed by atoms with Crippen molar-refractivity contribution in [3.05, 3.63) is 29.8 Å². The van der Waals surface area contributed by atoms with E-state index in [-0.39, 0.29) is 6.10 Å². The molecule has 2 rings (SSSR count). The summed E-state index contributed by atoms with van der Waals surface area (Å²) < 4.78 is 11.7. The van der Waals surface area contributed by atoms with Crippen molar-refractivity contribution in [3.8, 4) is 5.75 Å². The summed E-state index contributed by atoms with van der Waals surface area (Å²) in [6.07, 6.45) is 3.82. The molecule has 1 aliphatic heterocycles. The second-order valence-electron chi connectivity index (χ2n) is 5.15. The highest BCUT2D eigenvalue weighted by molar-refractivity contribution is 5.28. The highest BCUT2D eigenvalue weighted by atomic mass is 16.5. The molecule has 1 N–H and O–H groups in total. The van der Waals surface area contributed by atoms with Crippen LogP contribution in [-0.2, 0) is 4.74 Å². The molecule has 0 aromatic heterocycles. The maximum Gasteiger partial charge on any atom is 0.119 e. The fraction of sp³-hybridized carbons (Fsp3) is 0.625. The standard InChI is InChI=1S/C16H25NO2/c1-3-12-18-15-6-4-14(5-7-15)13(2)19-16-8-10-17-11-9-16/h4-7,13,16-17H,3,8-12H2,1-2H3. The van der Waals surface area contributed by atoms with E-state index in [1.165, 1.54) is 5.56 Å². The van der Waals surface area contributed by atoms with Crippen LogP contribution in [0.15, 0.2) is 24.3 Å². The Labute approximate surface area is 116 Å². The fourth-order valence-corrected chi connectivity index (χ4v) is 2.35. The highest BCUT2D eigenvalue weighted by Gasteiger charge is 2.17. The van der Waals surface area contributed by atoms with E-state index in [1.54, 1.807) is 0 Å². The molecule has 3 heteroatoms. The van der Waals surface area contributed by atoms with E-state index in [0.717, 1.165) is 44.7 Å². The molecule has 1 aliphatic rings. The van der Waals surface area contributed by atoms with Gasteiger partial charge in [0, 0.05) is 0 Å². The maximum absolute atomic E-state index is 6.12. The van der Waals surface area contributed by atoms with E-state index in [1.807, 2.05) is 12.1 Å². The van der Waals surface area contributed by atoms with Gasteiger partial charge in [-0.05, 0) is 57.0 Å². The van der Waals surface area contributed by atoms with Crippen LogP contribution in [0.3, 0.4) is 0 Å². The predicted octanol–water partition coefficient (Wildman–Crippen LogP) is 3.31. The van der Waals surface area contributed by atoms with Crippen molar-refractivity contribution in [2.75, 3.05) is 19.7 Å². The van der Waals surface area contributed by atoms with Crippen LogP contribution in [-0.4, -0.2) is 25.8 Å². The molecule has 1 fully saturated rings. The minimum absolute atomic E-state index is 0.156. The minimum Gasteiger partial charge on any atom is -0.494 e. The first kappa shape index (κ1) is 14.4. The molecular weight excluding hydrogens is 238 g/mol. The predicted molar refractivity (Wildman–Crippen MR) is 77.6 cm³/mol. The number of hydrogen-bond acceptors (Lipinski definition) is 3. The van der Waals surface area contributed by atoms with Gasteiger partial charge in [-0.25, -0.2) is 0 Å². The third kappa shape index (κ3) is 4.51. The zero-order chi connectivity index (χ0) is 13.5. The van der Waals surface area contributed by atoms with Crippen molar-refractivity contribution >= 4 is 0 Å². The molecule has 0 radical (unpaired) electrons. The summed E-state index contributed by atoms with van der Waals surface area (Å²) in [5.74, 6) is 0.944. The largest absolute Gasteiger partial charge is 0.494 e. The number of ether oxygens (including phenoxy) is 2. The first-order valence-electron chi connectivity index (χ1n) is 7.38. The summed E-state index contributed by atoms with van der Waals surface area (Å²) in [5.41, 5.74) is 1.22. The highest BCUT2D eigenvalue weighted by Crippen LogP contribution is 2.23. The van der Waals surface area contributed by atoms with Crippen LogP contribution in [0.25, 0.3) is 0 Å². The Morgan fingerprint density at radius 1 is 1.21 bits per heavy atom. The van der Waals surface area contributed by atoms with Crippen molar-refractivity contribution in [2.24, 2.45) is 0 Å². The van der Waals surface area contributed by atoms with Gasteiger partial charge in [0.05, 0.1) is 18.8 Å². The topological polar surface area (TPSA) is 30.5 Å². The second-order valence-corrected chi connectivity index (χ2v) is 5.15. The lowest BCUT2D eigenvalue weighted by atomic mass is 10.1. The summed E-state index contributed by atoms with van der Waals surface area (Å²) in [4.78, 5) is 0. The molecule has 3 nitrogen and oxygen atoms in total. The normalized spacial score (nSPS) is 18.2. The van der Waals surface area contributed by atoms with Gasteiger partial charge in [0.15, 0.2) is 0 Å². The quantitative estimate of drug-likeness (QED) is 0.854. The molecule has 1 aromatic carbocycles. The number of nitrogens with one attached hydrogen (secondary N) is 1. The molecule has 1 atom stereocenters. The van der Waals surface area contributed by atoms with Crippen molar-refractivity contribution in [3.63, 3.8) is 0 Å². The summed E-state index contributed by atoms with van der Waals surface area (Å²) in [5, 5.41) is 3.36. The molecule has 19 heavy (non-hydrogen) atoms. The number of piperidine rings is 1. The van der Waals surface area contributed by atoms with E-state index in [2.05, 4.69) is 31.3 Å². The molecule has 1 unspecified atom stereocenters. The minimum atomic E-state index is 0.156. The summed E-state index contributed by atoms with van der Waals surface area (Å²) in [6.45, 7) is 7.16. The molecule has 0 spiro atoms. The summed E-state index contributed by atoms with van der Waals surface area (Å²) >= 11 is 0. The number of hydrogen-bond donors (Lipinski definition) is 1. The van der Waals surface area contributed by atoms with Gasteiger partial charge in [-0.15, -0.1) is 0 Å². The van der Waals surface area contributed by atoms with Gasteiger partial charge in [0.2, 0.25) is 0 Å². The fourth-order valence-electron chi connectivity index (χ4n) is 2.35. The molecule has 0 aliphatic carbocycles. The number of benzene rings is 1. The van der Waals surface area contributed by atoms with Gasteiger partial charge < -0.3 is 14.8 Å². The Morgan fingerprint density at radius 3 is 2.53 bits per heavy atom. The molecule has 106 valence electrons. The van der Waals surface area contributed by atoms with Crippen molar-refractivity contribution in [1.29, 1.82) is 0 Å². The Bertz CT molecular complexity index is 358. The Kier molecular flexibility index (Phi) is 5.67. The van der Waals surface area contributed by atoms with Gasteiger partial charge in [-0.1, -0.05) is 19.1 Å². The molecule has 0 bridgehead atoms. The van der Waals surface area contributed by atoms with Crippen LogP contribution in [0.2, 0.25) is 0 Å². The lowest BCUT2D eigenvalue weighted by Gasteiger charge is -2.26. The second kappa shape index (κ2) is 7.51. The monoisotopic (exact) mass is 263 g/mol. The van der Waals surface area contributed by atoms with E-state index < -0.39 is 0 Å². The molecule has 1 aromatic rings. The van der Waals surface area contributed by atoms with Gasteiger partial charge in [-0.2, -0.15) is 0 Å². The summed E-state index contributed by atoms with van der Waals surface area (Å²) in [7, 11) is 0. The average Bonchev–Trinajstić information content (AvgIpc) is 2.46. The smallest absolute Gasteiger partial charge is 0.119 e. The number of rotatable bonds is 6. The first-order chi connectivity index (χ1) is 9.29. The Hall–Kier alpha value is -1.06. The summed E-state index contributed by atoms with van der Waals surface area (Å²) in [6, 6.07) is 8.29. The maximum atomic E-state index is 6.12. The van der Waals surface area contributed by atoms with Crippen LogP contribution in [0, 0.1) is 0 Å². The van der Waals surface area contributed by atoms with Crippen molar-refractivity contribution < 1.29 is 9.47 Å². The van der Waals surface area contributed by atoms with Crippen LogP contribution >= 0.6 is 0 Å². The van der Waals surface area contributed by atoms with Crippen LogP contribution in [0.1, 0.15) is 44.8 Å². The van der Waals surface area contributed by atoms with Crippen molar-refractivity contribution in [1.82, 2.24) is 5.32 Å². The van der Waals surface area contributed by atoms with Gasteiger partial charge in [0.1, 0.15) is 5.75 Å². The lowest BCUT2D eigenvalue weighted by Crippen LogP contribution is -2.32. The van der Waals surface area contributed by atoms with E-state index in [9.17, 15) is 0 Å². The SMILES string of the molecule is CCCOc1ccc(C(C)OC2CCNCC2)cc1. The molecule has 0 amide bonds. The lowest BCUT2D eigenvalue weighted by molar-refractivity contribution is -0.0186. The zero-order valence-electron chi connectivity index (χ0n) is 12.0. The Balaban J connectivity index is 1.85. The van der Waals surface area contributed by atoms with E-state index in [0.29, 0.717) is 6.10 Å². The van der Waals surface area contributed by atoms with Gasteiger partial charge in [-0.3, -0.25) is 0 Å². The van der Waals surface area contributed by atoms with E-state index in [4.69, 9.17) is 9.47 Å². The van der Waals surface area contributed by atoms with Crippen molar-refractivity contribution in [2.45, 2.75) is 45.3 Å². The zero-order valence-corrected chi connectivity index (χ0v) is 12.0. The van der Waals surface area contributed by atoms with Crippen LogP contribution in [0.5, 0.6) is 5.75 Å². The molecule has 0 saturated carbocycles. The third-order valence-electron chi connectivity index (χ3n) is 3.51. The van der Waals surface area contributed by atoms with Crippen LogP contribution in [0.4, 0.5) is 0 Å². The molecule has 1 heterocycles. The van der Waals surface area contributed by atoms with E-state index >= 15 is 0 Å². The van der Waals surface area contributed by atoms with Gasteiger partial charge >= 0.3 is 0 Å². The molecule has 1 saturated heterocycles. The first-order valence-corrected chi connectivity index (χ1v) is 7.38. The molecular formula is C16H25NO2. The van der Waals surface area contributed by atoms with Gasteiger partial charge in [0.25, 0.3) is 0 Å². The Morgan fingerprint density at radius 2 is 1.89 bits per heavy atom.